The summed E-state index contributed by atoms with van der Waals surface area (Å²) < 4.78 is 59.0. The summed E-state index contributed by atoms with van der Waals surface area (Å²) in [6.45, 7) is 1.50. The predicted octanol–water partition coefficient (Wildman–Crippen LogP) is 8.13. The summed E-state index contributed by atoms with van der Waals surface area (Å²) in [4.78, 5) is 0. The smallest absolute Gasteiger partial charge is 0.272 e. The molecule has 164 valence electrons. The molecule has 0 amide bonds. The van der Waals surface area contributed by atoms with Crippen LogP contribution in [0.15, 0.2) is 36.4 Å². The molecule has 1 aliphatic carbocycles. The Hall–Kier alpha value is -2.04. The van der Waals surface area contributed by atoms with Crippen LogP contribution < -0.4 is 4.74 Å². The third-order valence-corrected chi connectivity index (χ3v) is 6.12. The van der Waals surface area contributed by atoms with Gasteiger partial charge in [-0.2, -0.15) is 0 Å². The maximum atomic E-state index is 14.8. The molecule has 0 atom stereocenters. The van der Waals surface area contributed by atoms with Crippen molar-refractivity contribution in [3.63, 3.8) is 0 Å². The van der Waals surface area contributed by atoms with Gasteiger partial charge in [-0.25, -0.2) is 17.6 Å². The fourth-order valence-electron chi connectivity index (χ4n) is 4.45. The molecule has 0 aromatic heterocycles. The van der Waals surface area contributed by atoms with Gasteiger partial charge < -0.3 is 4.74 Å². The van der Waals surface area contributed by atoms with E-state index in [9.17, 15) is 17.6 Å². The quantitative estimate of drug-likeness (QED) is 0.293. The van der Waals surface area contributed by atoms with Crippen LogP contribution in [-0.4, -0.2) is 13.0 Å². The fraction of sp³-hybridized carbons (Fsp3) is 0.520. The summed E-state index contributed by atoms with van der Waals surface area (Å²) in [5.74, 6) is 0.0167. The highest BCUT2D eigenvalue weighted by atomic mass is 19.3. The Morgan fingerprint density at radius 1 is 0.933 bits per heavy atom. The number of halogens is 4. The third kappa shape index (κ3) is 5.99. The van der Waals surface area contributed by atoms with Crippen molar-refractivity contribution >= 4 is 0 Å². The Bertz CT molecular complexity index is 772. The van der Waals surface area contributed by atoms with Crippen molar-refractivity contribution in [3.05, 3.63) is 53.6 Å². The molecule has 0 N–H and O–H groups in total. The van der Waals surface area contributed by atoms with Crippen molar-refractivity contribution in [3.8, 4) is 16.9 Å². The first-order valence-corrected chi connectivity index (χ1v) is 11.0. The van der Waals surface area contributed by atoms with Gasteiger partial charge in [0, 0.05) is 0 Å². The molecule has 1 aliphatic rings. The first-order valence-electron chi connectivity index (χ1n) is 11.0. The van der Waals surface area contributed by atoms with E-state index in [0.717, 1.165) is 37.2 Å². The highest BCUT2D eigenvalue weighted by Gasteiger charge is 2.24. The molecule has 5 heteroatoms. The lowest BCUT2D eigenvalue weighted by molar-refractivity contribution is 0.0819. The van der Waals surface area contributed by atoms with E-state index in [1.54, 1.807) is 0 Å². The van der Waals surface area contributed by atoms with Crippen LogP contribution in [0.5, 0.6) is 5.75 Å². The summed E-state index contributed by atoms with van der Waals surface area (Å²) in [5, 5.41) is 0. The van der Waals surface area contributed by atoms with Crippen molar-refractivity contribution in [1.82, 2.24) is 0 Å². The van der Waals surface area contributed by atoms with Crippen LogP contribution in [0.3, 0.4) is 0 Å². The number of ether oxygens (including phenoxy) is 1. The summed E-state index contributed by atoms with van der Waals surface area (Å²) in [7, 11) is 0. The number of hydrogen-bond donors (Lipinski definition) is 0. The van der Waals surface area contributed by atoms with E-state index in [2.05, 4.69) is 6.92 Å². The Kier molecular flexibility index (Phi) is 8.17. The third-order valence-electron chi connectivity index (χ3n) is 6.12. The van der Waals surface area contributed by atoms with Gasteiger partial charge >= 0.3 is 0 Å². The lowest BCUT2D eigenvalue weighted by Gasteiger charge is -2.29. The minimum Gasteiger partial charge on any atom is -0.488 e. The topological polar surface area (TPSA) is 9.23 Å². The monoisotopic (exact) mass is 422 g/mol. The molecule has 30 heavy (non-hydrogen) atoms. The van der Waals surface area contributed by atoms with Gasteiger partial charge in [0.15, 0.2) is 0 Å². The number of rotatable bonds is 9. The molecule has 0 bridgehead atoms. The van der Waals surface area contributed by atoms with E-state index in [1.807, 2.05) is 0 Å². The predicted molar refractivity (Wildman–Crippen MR) is 112 cm³/mol. The van der Waals surface area contributed by atoms with E-state index in [4.69, 9.17) is 4.74 Å². The molecule has 1 nitrogen and oxygen atoms in total. The van der Waals surface area contributed by atoms with Crippen molar-refractivity contribution in [1.29, 1.82) is 0 Å². The molecule has 1 fully saturated rings. The Labute approximate surface area is 176 Å². The van der Waals surface area contributed by atoms with Gasteiger partial charge in [0.1, 0.15) is 24.0 Å². The van der Waals surface area contributed by atoms with E-state index < -0.39 is 24.7 Å². The fourth-order valence-corrected chi connectivity index (χ4v) is 4.45. The average molecular weight is 423 g/mol. The minimum absolute atomic E-state index is 0.0904. The lowest BCUT2D eigenvalue weighted by atomic mass is 9.77. The molecule has 2 aromatic carbocycles. The maximum absolute atomic E-state index is 14.8. The first kappa shape index (κ1) is 22.6. The molecular weight excluding hydrogens is 392 g/mol. The van der Waals surface area contributed by atoms with Crippen LogP contribution in [0, 0.1) is 17.6 Å². The van der Waals surface area contributed by atoms with Crippen LogP contribution in [0.2, 0.25) is 0 Å². The van der Waals surface area contributed by atoms with Gasteiger partial charge in [-0.3, -0.25) is 0 Å². The van der Waals surface area contributed by atoms with Gasteiger partial charge in [-0.15, -0.1) is 0 Å². The second kappa shape index (κ2) is 10.8. The van der Waals surface area contributed by atoms with Gasteiger partial charge in [0.2, 0.25) is 0 Å². The van der Waals surface area contributed by atoms with Gasteiger partial charge in [0.05, 0.1) is 5.56 Å². The molecule has 0 heterocycles. The molecule has 0 radical (unpaired) electrons. The molecule has 0 unspecified atom stereocenters. The molecule has 0 spiro atoms. The highest BCUT2D eigenvalue weighted by molar-refractivity contribution is 5.66. The van der Waals surface area contributed by atoms with Gasteiger partial charge in [0.25, 0.3) is 6.43 Å². The number of unbranched alkanes of at least 4 members (excludes halogenated alkanes) is 2. The zero-order chi connectivity index (χ0) is 21.5. The summed E-state index contributed by atoms with van der Waals surface area (Å²) in [6.07, 6.45) is 6.67. The normalized spacial score (nSPS) is 19.3. The van der Waals surface area contributed by atoms with E-state index in [-0.39, 0.29) is 17.2 Å². The minimum atomic E-state index is -2.57. The zero-order valence-corrected chi connectivity index (χ0v) is 17.5. The Balaban J connectivity index is 1.66. The highest BCUT2D eigenvalue weighted by Crippen LogP contribution is 2.39. The van der Waals surface area contributed by atoms with Crippen molar-refractivity contribution < 1.29 is 22.3 Å². The van der Waals surface area contributed by atoms with Crippen LogP contribution in [0.25, 0.3) is 11.1 Å². The van der Waals surface area contributed by atoms with Crippen LogP contribution in [0.1, 0.15) is 69.8 Å². The van der Waals surface area contributed by atoms with Gasteiger partial charge in [-0.05, 0) is 72.9 Å². The molecule has 0 saturated heterocycles. The zero-order valence-electron chi connectivity index (χ0n) is 17.5. The molecule has 3 rings (SSSR count). The van der Waals surface area contributed by atoms with E-state index in [0.29, 0.717) is 5.56 Å². The van der Waals surface area contributed by atoms with Crippen LogP contribution in [0.4, 0.5) is 17.6 Å². The molecule has 2 aromatic rings. The standard InChI is InChI=1S/C25H30F4O/c1-2-3-4-5-17-6-8-18(9-7-17)20-14-22(26)25(23(27)15-20)19-10-12-21(13-11-19)30-16-24(28)29/h10-15,17-18,24H,2-9,16H2,1H3. The first-order chi connectivity index (χ1) is 14.5. The molecule has 1 saturated carbocycles. The summed E-state index contributed by atoms with van der Waals surface area (Å²) >= 11 is 0. The van der Waals surface area contributed by atoms with E-state index in [1.165, 1.54) is 62.1 Å². The van der Waals surface area contributed by atoms with E-state index >= 15 is 0 Å². The SMILES string of the molecule is CCCCCC1CCC(c2cc(F)c(-c3ccc(OCC(F)F)cc3)c(F)c2)CC1. The van der Waals surface area contributed by atoms with Crippen molar-refractivity contribution in [2.45, 2.75) is 70.6 Å². The van der Waals surface area contributed by atoms with Crippen molar-refractivity contribution in [2.24, 2.45) is 5.92 Å². The van der Waals surface area contributed by atoms with Crippen LogP contribution >= 0.6 is 0 Å². The average Bonchev–Trinajstić information content (AvgIpc) is 2.73. The maximum Gasteiger partial charge on any atom is 0.272 e. The van der Waals surface area contributed by atoms with Gasteiger partial charge in [-0.1, -0.05) is 44.7 Å². The number of alkyl halides is 2. The second-order valence-electron chi connectivity index (χ2n) is 8.30. The lowest BCUT2D eigenvalue weighted by Crippen LogP contribution is -2.14. The molecule has 0 aliphatic heterocycles. The summed E-state index contributed by atoms with van der Waals surface area (Å²) in [6, 6.07) is 8.80. The molecular formula is C25H30F4O. The number of benzene rings is 2. The van der Waals surface area contributed by atoms with Crippen molar-refractivity contribution in [2.75, 3.05) is 6.61 Å². The Morgan fingerprint density at radius 2 is 1.57 bits per heavy atom. The van der Waals surface area contributed by atoms with Crippen LogP contribution in [-0.2, 0) is 0 Å². The second-order valence-corrected chi connectivity index (χ2v) is 8.30. The summed E-state index contributed by atoms with van der Waals surface area (Å²) in [5.41, 5.74) is 1.01. The Morgan fingerprint density at radius 3 is 2.13 bits per heavy atom. The number of hydrogen-bond acceptors (Lipinski definition) is 1. The largest absolute Gasteiger partial charge is 0.488 e.